The summed E-state index contributed by atoms with van der Waals surface area (Å²) in [7, 11) is 0. The van der Waals surface area contributed by atoms with Gasteiger partial charge in [-0.1, -0.05) is 26.8 Å². The Balaban J connectivity index is 2.28. The highest BCUT2D eigenvalue weighted by atomic mass is 19.4. The SMILES string of the molecule is CC1CCN(c2ccc(CNC(C)C)cc2C(F)(F)F)C1. The first-order valence-corrected chi connectivity index (χ1v) is 7.46. The Hall–Kier alpha value is -1.23. The summed E-state index contributed by atoms with van der Waals surface area (Å²) in [6.45, 7) is 7.89. The maximum absolute atomic E-state index is 13.3. The molecule has 0 spiro atoms. The third kappa shape index (κ3) is 4.13. The Bertz CT molecular complexity index is 483. The number of anilines is 1. The molecule has 1 aliphatic rings. The second kappa shape index (κ2) is 6.26. The van der Waals surface area contributed by atoms with Gasteiger partial charge in [0, 0.05) is 31.4 Å². The van der Waals surface area contributed by atoms with Crippen LogP contribution in [0.25, 0.3) is 0 Å². The molecule has 2 rings (SSSR count). The average Bonchev–Trinajstić information content (AvgIpc) is 2.81. The lowest BCUT2D eigenvalue weighted by molar-refractivity contribution is -0.137. The van der Waals surface area contributed by atoms with E-state index in [2.05, 4.69) is 12.2 Å². The van der Waals surface area contributed by atoms with Crippen LogP contribution >= 0.6 is 0 Å². The molecule has 1 aromatic carbocycles. The lowest BCUT2D eigenvalue weighted by atomic mass is 10.1. The minimum absolute atomic E-state index is 0.249. The van der Waals surface area contributed by atoms with Crippen LogP contribution in [0.4, 0.5) is 18.9 Å². The van der Waals surface area contributed by atoms with Gasteiger partial charge in [-0.05, 0) is 30.0 Å². The van der Waals surface area contributed by atoms with E-state index in [0.717, 1.165) is 6.42 Å². The van der Waals surface area contributed by atoms with Crippen molar-refractivity contribution in [2.75, 3.05) is 18.0 Å². The van der Waals surface area contributed by atoms with Gasteiger partial charge in [0.15, 0.2) is 0 Å². The van der Waals surface area contributed by atoms with Gasteiger partial charge in [0.1, 0.15) is 0 Å². The number of benzene rings is 1. The van der Waals surface area contributed by atoms with Gasteiger partial charge in [0.25, 0.3) is 0 Å². The van der Waals surface area contributed by atoms with Crippen LogP contribution in [0.3, 0.4) is 0 Å². The summed E-state index contributed by atoms with van der Waals surface area (Å²) in [6, 6.07) is 4.95. The fourth-order valence-electron chi connectivity index (χ4n) is 2.67. The molecule has 0 aromatic heterocycles. The predicted octanol–water partition coefficient (Wildman–Crippen LogP) is 4.05. The van der Waals surface area contributed by atoms with Crippen LogP contribution < -0.4 is 10.2 Å². The van der Waals surface area contributed by atoms with Crippen LogP contribution in [0.1, 0.15) is 38.3 Å². The second-order valence-corrected chi connectivity index (χ2v) is 6.22. The standard InChI is InChI=1S/C16H23F3N2/c1-11(2)20-9-13-4-5-15(14(8-13)16(17,18)19)21-7-6-12(3)10-21/h4-5,8,11-12,20H,6-7,9-10H2,1-3H3. The van der Waals surface area contributed by atoms with Crippen LogP contribution in [0.15, 0.2) is 18.2 Å². The number of hydrogen-bond donors (Lipinski definition) is 1. The molecule has 0 bridgehead atoms. The molecule has 5 heteroatoms. The van der Waals surface area contributed by atoms with Gasteiger partial charge in [-0.2, -0.15) is 13.2 Å². The molecule has 1 aliphatic heterocycles. The summed E-state index contributed by atoms with van der Waals surface area (Å²) in [6.07, 6.45) is -3.36. The van der Waals surface area contributed by atoms with Gasteiger partial charge < -0.3 is 10.2 Å². The smallest absolute Gasteiger partial charge is 0.371 e. The summed E-state index contributed by atoms with van der Waals surface area (Å²) in [5.41, 5.74) is 0.479. The number of halogens is 3. The zero-order valence-corrected chi connectivity index (χ0v) is 12.8. The zero-order chi connectivity index (χ0) is 15.6. The molecular weight excluding hydrogens is 277 g/mol. The van der Waals surface area contributed by atoms with E-state index in [0.29, 0.717) is 36.8 Å². The molecule has 1 unspecified atom stereocenters. The number of nitrogens with zero attached hydrogens (tertiary/aromatic N) is 1. The molecule has 21 heavy (non-hydrogen) atoms. The molecule has 118 valence electrons. The Labute approximate surface area is 124 Å². The highest BCUT2D eigenvalue weighted by Crippen LogP contribution is 2.38. The molecule has 1 N–H and O–H groups in total. The number of rotatable bonds is 4. The van der Waals surface area contributed by atoms with Crippen molar-refractivity contribution in [3.8, 4) is 0 Å². The average molecular weight is 300 g/mol. The lowest BCUT2D eigenvalue weighted by Gasteiger charge is -2.24. The first-order valence-electron chi connectivity index (χ1n) is 7.46. The first kappa shape index (κ1) is 16.1. The fourth-order valence-corrected chi connectivity index (χ4v) is 2.67. The van der Waals surface area contributed by atoms with Crippen molar-refractivity contribution in [2.45, 2.75) is 46.0 Å². The molecule has 0 aliphatic carbocycles. The third-order valence-corrected chi connectivity index (χ3v) is 3.85. The van der Waals surface area contributed by atoms with Crippen molar-refractivity contribution in [1.82, 2.24) is 5.32 Å². The van der Waals surface area contributed by atoms with E-state index in [1.165, 1.54) is 6.07 Å². The monoisotopic (exact) mass is 300 g/mol. The molecule has 2 nitrogen and oxygen atoms in total. The molecule has 1 fully saturated rings. The van der Waals surface area contributed by atoms with E-state index in [1.807, 2.05) is 18.7 Å². The van der Waals surface area contributed by atoms with Gasteiger partial charge in [0.05, 0.1) is 5.56 Å². The second-order valence-electron chi connectivity index (χ2n) is 6.22. The quantitative estimate of drug-likeness (QED) is 0.902. The van der Waals surface area contributed by atoms with Crippen molar-refractivity contribution in [3.63, 3.8) is 0 Å². The maximum Gasteiger partial charge on any atom is 0.418 e. The van der Waals surface area contributed by atoms with Crippen LogP contribution in [-0.2, 0) is 12.7 Å². The minimum Gasteiger partial charge on any atom is -0.371 e. The summed E-state index contributed by atoms with van der Waals surface area (Å²) in [5, 5.41) is 3.16. The van der Waals surface area contributed by atoms with Crippen molar-refractivity contribution in [3.05, 3.63) is 29.3 Å². The summed E-state index contributed by atoms with van der Waals surface area (Å²) < 4.78 is 40.0. The Morgan fingerprint density at radius 2 is 2.05 bits per heavy atom. The molecule has 1 aromatic rings. The zero-order valence-electron chi connectivity index (χ0n) is 12.8. The van der Waals surface area contributed by atoms with Gasteiger partial charge in [-0.25, -0.2) is 0 Å². The van der Waals surface area contributed by atoms with Crippen LogP contribution in [0.2, 0.25) is 0 Å². The van der Waals surface area contributed by atoms with Crippen molar-refractivity contribution in [2.24, 2.45) is 5.92 Å². The molecule has 0 saturated carbocycles. The lowest BCUT2D eigenvalue weighted by Crippen LogP contribution is -2.25. The molecule has 0 radical (unpaired) electrons. The molecule has 1 saturated heterocycles. The van der Waals surface area contributed by atoms with Gasteiger partial charge in [0.2, 0.25) is 0 Å². The van der Waals surface area contributed by atoms with Gasteiger partial charge >= 0.3 is 6.18 Å². The number of alkyl halides is 3. The summed E-state index contributed by atoms with van der Waals surface area (Å²) in [5.74, 6) is 0.452. The highest BCUT2D eigenvalue weighted by Gasteiger charge is 2.36. The van der Waals surface area contributed by atoms with E-state index < -0.39 is 11.7 Å². The van der Waals surface area contributed by atoms with Crippen LogP contribution in [0.5, 0.6) is 0 Å². The minimum atomic E-state index is -4.31. The van der Waals surface area contributed by atoms with Crippen LogP contribution in [0, 0.1) is 5.92 Å². The molecule has 0 amide bonds. The summed E-state index contributed by atoms with van der Waals surface area (Å²) >= 11 is 0. The van der Waals surface area contributed by atoms with Crippen molar-refractivity contribution >= 4 is 5.69 Å². The Morgan fingerprint density at radius 1 is 1.33 bits per heavy atom. The largest absolute Gasteiger partial charge is 0.418 e. The van der Waals surface area contributed by atoms with E-state index in [9.17, 15) is 13.2 Å². The van der Waals surface area contributed by atoms with Crippen molar-refractivity contribution in [1.29, 1.82) is 0 Å². The topological polar surface area (TPSA) is 15.3 Å². The fraction of sp³-hybridized carbons (Fsp3) is 0.625. The predicted molar refractivity (Wildman–Crippen MR) is 79.4 cm³/mol. The van der Waals surface area contributed by atoms with Crippen molar-refractivity contribution < 1.29 is 13.2 Å². The molecular formula is C16H23F3N2. The van der Waals surface area contributed by atoms with E-state index in [4.69, 9.17) is 0 Å². The third-order valence-electron chi connectivity index (χ3n) is 3.85. The van der Waals surface area contributed by atoms with Crippen LogP contribution in [-0.4, -0.2) is 19.1 Å². The maximum atomic E-state index is 13.3. The van der Waals surface area contributed by atoms with Gasteiger partial charge in [-0.15, -0.1) is 0 Å². The first-order chi connectivity index (χ1) is 9.77. The normalized spacial score (nSPS) is 19.6. The van der Waals surface area contributed by atoms with E-state index >= 15 is 0 Å². The van der Waals surface area contributed by atoms with E-state index in [-0.39, 0.29) is 6.04 Å². The molecule has 1 atom stereocenters. The van der Waals surface area contributed by atoms with Gasteiger partial charge in [-0.3, -0.25) is 0 Å². The van der Waals surface area contributed by atoms with E-state index in [1.54, 1.807) is 12.1 Å². The highest BCUT2D eigenvalue weighted by molar-refractivity contribution is 5.57. The molecule has 1 heterocycles. The number of hydrogen-bond acceptors (Lipinski definition) is 2. The number of nitrogens with one attached hydrogen (secondary N) is 1. The summed E-state index contributed by atoms with van der Waals surface area (Å²) in [4.78, 5) is 1.85. The Morgan fingerprint density at radius 3 is 2.57 bits per heavy atom. The Kier molecular flexibility index (Phi) is 4.81.